The minimum absolute atomic E-state index is 0.0699. The molecule has 0 bridgehead atoms. The maximum absolute atomic E-state index is 13.3. The average Bonchev–Trinajstić information content (AvgIpc) is 3.51. The molecule has 246 valence electrons. The van der Waals surface area contributed by atoms with E-state index in [4.69, 9.17) is 16.7 Å². The first kappa shape index (κ1) is 33.5. The van der Waals surface area contributed by atoms with Gasteiger partial charge in [-0.25, -0.2) is 4.79 Å². The first-order valence-electron chi connectivity index (χ1n) is 15.5. The van der Waals surface area contributed by atoms with Gasteiger partial charge in [-0.15, -0.1) is 10.2 Å². The third-order valence-corrected chi connectivity index (χ3v) is 11.0. The van der Waals surface area contributed by atoms with Crippen LogP contribution in [0.3, 0.4) is 0 Å². The van der Waals surface area contributed by atoms with E-state index in [0.717, 1.165) is 44.4 Å². The summed E-state index contributed by atoms with van der Waals surface area (Å²) in [6.07, 6.45) is 6.93. The molecule has 0 saturated heterocycles. The largest absolute Gasteiger partial charge is 0.507 e. The summed E-state index contributed by atoms with van der Waals surface area (Å²) >= 11 is 9.52. The summed E-state index contributed by atoms with van der Waals surface area (Å²) in [6.45, 7) is 7.18. The lowest BCUT2D eigenvalue weighted by molar-refractivity contribution is 0.242. The lowest BCUT2D eigenvalue weighted by Crippen LogP contribution is -2.42. The molecule has 3 aromatic carbocycles. The second kappa shape index (κ2) is 14.3. The first-order valence-corrected chi connectivity index (χ1v) is 17.9. The number of fused-ring (bicyclic) bond motifs is 1. The van der Waals surface area contributed by atoms with Gasteiger partial charge in [0.05, 0.1) is 28.3 Å². The van der Waals surface area contributed by atoms with Crippen LogP contribution in [-0.4, -0.2) is 49.0 Å². The van der Waals surface area contributed by atoms with Crippen LogP contribution >= 0.6 is 35.1 Å². The monoisotopic (exact) mass is 697 g/mol. The van der Waals surface area contributed by atoms with Crippen LogP contribution in [0.1, 0.15) is 31.4 Å². The first-order chi connectivity index (χ1) is 23.2. The number of benzene rings is 3. The molecule has 12 heteroatoms. The van der Waals surface area contributed by atoms with Gasteiger partial charge in [-0.2, -0.15) is 16.9 Å². The number of aryl methyl sites for hydroxylation is 1. The number of hydrazone groups is 1. The van der Waals surface area contributed by atoms with E-state index in [9.17, 15) is 9.90 Å². The van der Waals surface area contributed by atoms with Gasteiger partial charge in [0.2, 0.25) is 0 Å². The number of rotatable bonds is 10. The molecule has 6 rings (SSSR count). The Kier molecular flexibility index (Phi) is 10.00. The highest BCUT2D eigenvalue weighted by Crippen LogP contribution is 2.35. The highest BCUT2D eigenvalue weighted by Gasteiger charge is 2.31. The standard InChI is InChI=1S/C36H36ClN7O2S2/c1-5-36(3,47-4)32-19-26(21-44(42-32)27-11-8-9-23(2)17-27)39-35(46)38-20-24-10-6-7-12-31(24)48-28-14-16-33-40-41-34(43(33)22-28)29-18-25(37)13-15-30(29)45/h6-19,22,45H,5,20-21H2,1-4H3,(H2,38,39,46). The molecular formula is C36H36ClN7O2S2. The fraction of sp³-hybridized carbons (Fsp3) is 0.222. The molecule has 0 spiro atoms. The van der Waals surface area contributed by atoms with Crippen LogP contribution in [0.5, 0.6) is 5.75 Å². The number of nitrogens with one attached hydrogen (secondary N) is 2. The quantitative estimate of drug-likeness (QED) is 0.135. The number of carbonyl (C=O) groups excluding carboxylic acids is 1. The molecule has 5 aromatic rings. The van der Waals surface area contributed by atoms with E-state index < -0.39 is 0 Å². The van der Waals surface area contributed by atoms with Crippen LogP contribution in [0.15, 0.2) is 112 Å². The maximum atomic E-state index is 13.3. The third-order valence-electron chi connectivity index (χ3n) is 8.31. The molecule has 48 heavy (non-hydrogen) atoms. The summed E-state index contributed by atoms with van der Waals surface area (Å²) < 4.78 is 1.63. The van der Waals surface area contributed by atoms with Crippen LogP contribution in [0.25, 0.3) is 17.0 Å². The van der Waals surface area contributed by atoms with Crippen LogP contribution < -0.4 is 15.6 Å². The molecule has 1 aliphatic heterocycles. The number of urea groups is 1. The second-order valence-electron chi connectivity index (χ2n) is 11.6. The number of aromatic hydroxyl groups is 1. The van der Waals surface area contributed by atoms with Crippen LogP contribution in [0, 0.1) is 6.92 Å². The van der Waals surface area contributed by atoms with Crippen molar-refractivity contribution in [3.05, 3.63) is 113 Å². The molecule has 1 aliphatic rings. The number of phenolic OH excluding ortho intramolecular Hbond substituents is 1. The zero-order valence-corrected chi connectivity index (χ0v) is 29.5. The summed E-state index contributed by atoms with van der Waals surface area (Å²) in [5, 5.41) is 32.6. The van der Waals surface area contributed by atoms with Crippen molar-refractivity contribution in [3.8, 4) is 17.1 Å². The Morgan fingerprint density at radius 3 is 2.69 bits per heavy atom. The van der Waals surface area contributed by atoms with Crippen molar-refractivity contribution >= 4 is 58.2 Å². The van der Waals surface area contributed by atoms with E-state index in [2.05, 4.69) is 60.0 Å². The topological polar surface area (TPSA) is 107 Å². The molecule has 3 N–H and O–H groups in total. The number of aromatic nitrogens is 3. The van der Waals surface area contributed by atoms with Gasteiger partial charge in [-0.3, -0.25) is 9.41 Å². The van der Waals surface area contributed by atoms with Crippen molar-refractivity contribution in [2.45, 2.75) is 48.3 Å². The van der Waals surface area contributed by atoms with Gasteiger partial charge >= 0.3 is 6.03 Å². The van der Waals surface area contributed by atoms with Crippen molar-refractivity contribution in [3.63, 3.8) is 0 Å². The van der Waals surface area contributed by atoms with Crippen LogP contribution in [0.2, 0.25) is 5.02 Å². The maximum Gasteiger partial charge on any atom is 0.319 e. The molecule has 0 fully saturated rings. The van der Waals surface area contributed by atoms with Gasteiger partial charge < -0.3 is 15.7 Å². The number of carbonyl (C=O) groups is 1. The van der Waals surface area contributed by atoms with Crippen LogP contribution in [0.4, 0.5) is 10.5 Å². The van der Waals surface area contributed by atoms with E-state index in [-0.39, 0.29) is 16.5 Å². The number of hydrogen-bond donors (Lipinski definition) is 3. The Hall–Kier alpha value is -4.45. The van der Waals surface area contributed by atoms with Gasteiger partial charge in [-0.05, 0) is 92.3 Å². The van der Waals surface area contributed by atoms with Gasteiger partial charge in [0, 0.05) is 33.3 Å². The highest BCUT2D eigenvalue weighted by atomic mass is 35.5. The predicted octanol–water partition coefficient (Wildman–Crippen LogP) is 8.31. The van der Waals surface area contributed by atoms with Crippen molar-refractivity contribution in [1.82, 2.24) is 25.2 Å². The Balaban J connectivity index is 1.17. The number of halogens is 1. The summed E-state index contributed by atoms with van der Waals surface area (Å²) in [5.41, 5.74) is 5.93. The molecule has 1 atom stereocenters. The average molecular weight is 698 g/mol. The molecule has 3 heterocycles. The SMILES string of the molecule is CCC(C)(SC)C1=NN(c2cccc(C)c2)CC(NC(=O)NCc2ccccc2Sc2ccc3nnc(-c4cc(Cl)ccc4O)n3c2)=C1. The van der Waals surface area contributed by atoms with Gasteiger partial charge in [0.25, 0.3) is 0 Å². The number of amides is 2. The lowest BCUT2D eigenvalue weighted by atomic mass is 9.99. The summed E-state index contributed by atoms with van der Waals surface area (Å²) in [7, 11) is 0. The smallest absolute Gasteiger partial charge is 0.319 e. The van der Waals surface area contributed by atoms with Gasteiger partial charge in [0.15, 0.2) is 11.5 Å². The Morgan fingerprint density at radius 1 is 1.06 bits per heavy atom. The van der Waals surface area contributed by atoms with Gasteiger partial charge in [0.1, 0.15) is 5.75 Å². The summed E-state index contributed by atoms with van der Waals surface area (Å²) in [6, 6.07) is 24.6. The third kappa shape index (κ3) is 7.33. The number of allylic oxidation sites excluding steroid dienone is 1. The van der Waals surface area contributed by atoms with Crippen molar-refractivity contribution < 1.29 is 9.90 Å². The van der Waals surface area contributed by atoms with E-state index in [1.807, 2.05) is 70.2 Å². The number of nitrogens with zero attached hydrogens (tertiary/aromatic N) is 5. The molecule has 9 nitrogen and oxygen atoms in total. The highest BCUT2D eigenvalue weighted by molar-refractivity contribution is 8.00. The normalized spacial score (nSPS) is 14.3. The Labute approximate surface area is 293 Å². The second-order valence-corrected chi connectivity index (χ2v) is 14.5. The molecule has 0 aliphatic carbocycles. The molecular weight excluding hydrogens is 662 g/mol. The number of hydrogen-bond acceptors (Lipinski definition) is 8. The minimum atomic E-state index is -0.286. The predicted molar refractivity (Wildman–Crippen MR) is 197 cm³/mol. The van der Waals surface area contributed by atoms with Gasteiger partial charge in [-0.1, -0.05) is 60.6 Å². The minimum Gasteiger partial charge on any atom is -0.507 e. The Morgan fingerprint density at radius 2 is 1.90 bits per heavy atom. The fourth-order valence-electron chi connectivity index (χ4n) is 5.31. The molecule has 0 saturated carbocycles. The van der Waals surface area contributed by atoms with Crippen molar-refractivity contribution in [1.29, 1.82) is 0 Å². The number of phenols is 1. The molecule has 1 unspecified atom stereocenters. The van der Waals surface area contributed by atoms with E-state index in [0.29, 0.717) is 35.1 Å². The number of pyridine rings is 1. The zero-order chi connectivity index (χ0) is 33.8. The summed E-state index contributed by atoms with van der Waals surface area (Å²) in [5.74, 6) is 0.558. The van der Waals surface area contributed by atoms with E-state index in [1.165, 1.54) is 0 Å². The number of thioether (sulfide) groups is 1. The van der Waals surface area contributed by atoms with E-state index >= 15 is 0 Å². The summed E-state index contributed by atoms with van der Waals surface area (Å²) in [4.78, 5) is 15.2. The molecule has 2 aromatic heterocycles. The van der Waals surface area contributed by atoms with E-state index in [1.54, 1.807) is 41.7 Å². The zero-order valence-electron chi connectivity index (χ0n) is 27.1. The molecule has 0 radical (unpaired) electrons. The van der Waals surface area contributed by atoms with Crippen LogP contribution in [-0.2, 0) is 6.54 Å². The Bertz CT molecular complexity index is 2040. The number of anilines is 1. The fourth-order valence-corrected chi connectivity index (χ4v) is 7.05. The lowest BCUT2D eigenvalue weighted by Gasteiger charge is -2.33. The molecule has 2 amide bonds. The van der Waals surface area contributed by atoms with Crippen molar-refractivity contribution in [2.24, 2.45) is 5.10 Å². The van der Waals surface area contributed by atoms with Crippen molar-refractivity contribution in [2.75, 3.05) is 17.8 Å².